The number of aromatic nitrogens is 4. The van der Waals surface area contributed by atoms with Crippen LogP contribution in [0.2, 0.25) is 0 Å². The average molecular weight is 962 g/mol. The molecule has 74 heavy (non-hydrogen) atoms. The van der Waals surface area contributed by atoms with Crippen molar-refractivity contribution in [2.45, 2.75) is 0 Å². The zero-order valence-corrected chi connectivity index (χ0v) is 40.8. The van der Waals surface area contributed by atoms with Crippen molar-refractivity contribution in [3.8, 4) is 44.5 Å². The Hall–Kier alpha value is -9.62. The molecule has 0 aliphatic carbocycles. The van der Waals surface area contributed by atoms with Crippen molar-refractivity contribution in [2.24, 2.45) is 0 Å². The van der Waals surface area contributed by atoms with Crippen LogP contribution in [0.4, 0.5) is 17.1 Å². The third kappa shape index (κ3) is 6.69. The fourth-order valence-electron chi connectivity index (χ4n) is 11.4. The van der Waals surface area contributed by atoms with Gasteiger partial charge in [-0.3, -0.25) is 4.57 Å². The third-order valence-electron chi connectivity index (χ3n) is 14.7. The first kappa shape index (κ1) is 42.1. The first-order valence-electron chi connectivity index (χ1n) is 25.1. The van der Waals surface area contributed by atoms with Crippen LogP contribution in [-0.2, 0) is 0 Å². The van der Waals surface area contributed by atoms with Gasteiger partial charge in [-0.1, -0.05) is 176 Å². The van der Waals surface area contributed by atoms with Crippen molar-refractivity contribution in [2.75, 3.05) is 4.90 Å². The predicted octanol–water partition coefficient (Wildman–Crippen LogP) is 18.7. The van der Waals surface area contributed by atoms with Gasteiger partial charge in [0.15, 0.2) is 0 Å². The molecule has 0 bridgehead atoms. The topological polar surface area (TPSA) is 38.9 Å². The molecule has 0 spiro atoms. The van der Waals surface area contributed by atoms with E-state index in [0.29, 0.717) is 5.95 Å². The number of hydrogen-bond donors (Lipinski definition) is 0. The lowest BCUT2D eigenvalue weighted by Gasteiger charge is -2.25. The Bertz CT molecular complexity index is 4600. The molecule has 0 fully saturated rings. The lowest BCUT2D eigenvalue weighted by atomic mass is 9.95. The average Bonchev–Trinajstić information content (AvgIpc) is 4.21. The summed E-state index contributed by atoms with van der Waals surface area (Å²) in [7, 11) is 0. The first-order chi connectivity index (χ1) is 36.7. The SMILES string of the molecule is c1ccc(-c2cc3nc(-n4c5ccc(-c6cccc7c6c6c8ccccc8ccc6n7-c6ccccc6)cc5c5c6ccccc6ccc54)nc(-c4ccc(N(c5ccccc5)c5ccccc5)cc4)c3s2)cc1. The molecule has 0 aliphatic heterocycles. The Kier molecular flexibility index (Phi) is 9.68. The molecular weight excluding hydrogens is 919 g/mol. The summed E-state index contributed by atoms with van der Waals surface area (Å²) in [6.45, 7) is 0. The standard InChI is InChI=1S/C68H43N5S/c1-5-20-46(21-6-1)62-43-57-67(74-62)66(47-32-37-52(38-33-47)71(49-22-7-2-8-23-49)50-24-9-3-10-25-50)70-68(69-57)73-58-39-36-48(42-56(58)63-53-28-15-13-18-44(53)34-40-60(63)73)55-30-17-31-59-65(55)64-54-29-16-14-19-45(54)35-41-61(64)72(59)51-26-11-4-12-27-51/h1-43H. The quantitative estimate of drug-likeness (QED) is 0.152. The van der Waals surface area contributed by atoms with E-state index in [1.165, 1.54) is 54.3 Å². The molecule has 5 nitrogen and oxygen atoms in total. The van der Waals surface area contributed by atoms with Gasteiger partial charge in [0.2, 0.25) is 5.95 Å². The van der Waals surface area contributed by atoms with E-state index in [-0.39, 0.29) is 0 Å². The number of rotatable bonds is 8. The molecular formula is C68H43N5S. The van der Waals surface area contributed by atoms with Crippen LogP contribution < -0.4 is 4.90 Å². The van der Waals surface area contributed by atoms with Gasteiger partial charge in [0.25, 0.3) is 0 Å². The molecule has 0 saturated heterocycles. The minimum atomic E-state index is 0.631. The summed E-state index contributed by atoms with van der Waals surface area (Å²) in [4.78, 5) is 14.6. The summed E-state index contributed by atoms with van der Waals surface area (Å²) in [5.74, 6) is 0.631. The van der Waals surface area contributed by atoms with Crippen molar-refractivity contribution in [3.63, 3.8) is 0 Å². The van der Waals surface area contributed by atoms with Gasteiger partial charge < -0.3 is 9.47 Å². The van der Waals surface area contributed by atoms with Crippen LogP contribution >= 0.6 is 11.3 Å². The van der Waals surface area contributed by atoms with Crippen molar-refractivity contribution in [1.29, 1.82) is 0 Å². The van der Waals surface area contributed by atoms with Crippen LogP contribution in [0.3, 0.4) is 0 Å². The second kappa shape index (κ2) is 17.0. The summed E-state index contributed by atoms with van der Waals surface area (Å²) in [5, 5.41) is 9.66. The second-order valence-electron chi connectivity index (χ2n) is 18.9. The third-order valence-corrected chi connectivity index (χ3v) is 15.9. The number of thiophene rings is 1. The number of nitrogens with zero attached hydrogens (tertiary/aromatic N) is 5. The van der Waals surface area contributed by atoms with E-state index in [9.17, 15) is 0 Å². The van der Waals surface area contributed by atoms with Crippen molar-refractivity contribution in [1.82, 2.24) is 19.1 Å². The van der Waals surface area contributed by atoms with Gasteiger partial charge in [0.05, 0.1) is 38.0 Å². The second-order valence-corrected chi connectivity index (χ2v) is 20.0. The van der Waals surface area contributed by atoms with E-state index in [1.807, 2.05) is 0 Å². The summed E-state index contributed by atoms with van der Waals surface area (Å²) in [6.07, 6.45) is 0. The molecule has 6 heteroatoms. The minimum absolute atomic E-state index is 0.631. The highest BCUT2D eigenvalue weighted by Crippen LogP contribution is 2.46. The van der Waals surface area contributed by atoms with Crippen LogP contribution in [0.1, 0.15) is 0 Å². The Morgan fingerprint density at radius 3 is 1.59 bits per heavy atom. The highest BCUT2D eigenvalue weighted by atomic mass is 32.1. The van der Waals surface area contributed by atoms with E-state index in [2.05, 4.69) is 275 Å². The smallest absolute Gasteiger partial charge is 0.235 e. The normalized spacial score (nSPS) is 11.8. The van der Waals surface area contributed by atoms with Gasteiger partial charge in [0.1, 0.15) is 0 Å². The minimum Gasteiger partial charge on any atom is -0.311 e. The number of hydrogen-bond acceptors (Lipinski definition) is 4. The van der Waals surface area contributed by atoms with Crippen LogP contribution in [0.25, 0.3) is 120 Å². The van der Waals surface area contributed by atoms with Crippen LogP contribution in [0.15, 0.2) is 261 Å². The van der Waals surface area contributed by atoms with Gasteiger partial charge in [-0.15, -0.1) is 11.3 Å². The van der Waals surface area contributed by atoms with Gasteiger partial charge in [-0.2, -0.15) is 0 Å². The predicted molar refractivity (Wildman–Crippen MR) is 312 cm³/mol. The molecule has 15 rings (SSSR count). The van der Waals surface area contributed by atoms with Crippen molar-refractivity contribution < 1.29 is 0 Å². The Morgan fingerprint density at radius 1 is 0.351 bits per heavy atom. The molecule has 0 N–H and O–H groups in total. The van der Waals surface area contributed by atoms with E-state index < -0.39 is 0 Å². The maximum absolute atomic E-state index is 5.65. The molecule has 0 amide bonds. The molecule has 0 unspecified atom stereocenters. The molecule has 346 valence electrons. The number of fused-ring (bicyclic) bond motifs is 11. The van der Waals surface area contributed by atoms with Crippen molar-refractivity contribution in [3.05, 3.63) is 261 Å². The van der Waals surface area contributed by atoms with Gasteiger partial charge >= 0.3 is 0 Å². The molecule has 11 aromatic carbocycles. The molecule has 0 radical (unpaired) electrons. The van der Waals surface area contributed by atoms with Gasteiger partial charge in [0, 0.05) is 54.7 Å². The lowest BCUT2D eigenvalue weighted by molar-refractivity contribution is 1.02. The lowest BCUT2D eigenvalue weighted by Crippen LogP contribution is -2.09. The van der Waals surface area contributed by atoms with E-state index in [1.54, 1.807) is 11.3 Å². The maximum atomic E-state index is 5.65. The molecule has 4 aromatic heterocycles. The molecule has 0 aliphatic rings. The largest absolute Gasteiger partial charge is 0.311 e. The van der Waals surface area contributed by atoms with Crippen LogP contribution in [-0.4, -0.2) is 19.1 Å². The van der Waals surface area contributed by atoms with Gasteiger partial charge in [-0.05, 0) is 123 Å². The van der Waals surface area contributed by atoms with E-state index >= 15 is 0 Å². The summed E-state index contributed by atoms with van der Waals surface area (Å²) in [5.41, 5.74) is 15.2. The molecule has 0 saturated carbocycles. The van der Waals surface area contributed by atoms with Gasteiger partial charge in [-0.25, -0.2) is 9.97 Å². The van der Waals surface area contributed by atoms with Crippen LogP contribution in [0.5, 0.6) is 0 Å². The Morgan fingerprint density at radius 2 is 0.905 bits per heavy atom. The fraction of sp³-hybridized carbons (Fsp3) is 0. The molecule has 4 heterocycles. The summed E-state index contributed by atoms with van der Waals surface area (Å²) >= 11 is 1.75. The van der Waals surface area contributed by atoms with Crippen molar-refractivity contribution >= 4 is 104 Å². The fourth-order valence-corrected chi connectivity index (χ4v) is 12.5. The summed E-state index contributed by atoms with van der Waals surface area (Å²) < 4.78 is 5.76. The zero-order valence-electron chi connectivity index (χ0n) is 40.0. The zero-order chi connectivity index (χ0) is 48.7. The highest BCUT2D eigenvalue weighted by Gasteiger charge is 2.24. The molecule has 0 atom stereocenters. The highest BCUT2D eigenvalue weighted by molar-refractivity contribution is 7.22. The number of para-hydroxylation sites is 3. The van der Waals surface area contributed by atoms with E-state index in [4.69, 9.17) is 9.97 Å². The van der Waals surface area contributed by atoms with Crippen LogP contribution in [0, 0.1) is 0 Å². The number of benzene rings is 11. The number of anilines is 3. The molecule has 15 aromatic rings. The first-order valence-corrected chi connectivity index (χ1v) is 25.9. The monoisotopic (exact) mass is 961 g/mol. The Balaban J connectivity index is 0.964. The Labute approximate surface area is 430 Å². The maximum Gasteiger partial charge on any atom is 0.235 e. The van der Waals surface area contributed by atoms with E-state index in [0.717, 1.165) is 76.6 Å². The summed E-state index contributed by atoms with van der Waals surface area (Å²) in [6, 6.07) is 93.9.